The van der Waals surface area contributed by atoms with Crippen LogP contribution in [0.3, 0.4) is 0 Å². The highest BCUT2D eigenvalue weighted by atomic mass is 19.1. The Bertz CT molecular complexity index is 284. The van der Waals surface area contributed by atoms with Crippen molar-refractivity contribution in [3.63, 3.8) is 0 Å². The molecule has 0 aromatic carbocycles. The van der Waals surface area contributed by atoms with E-state index in [2.05, 4.69) is 15.6 Å². The third-order valence-electron chi connectivity index (χ3n) is 2.20. The maximum atomic E-state index is 13.2. The molecule has 4 heteroatoms. The molecule has 1 saturated heterocycles. The summed E-state index contributed by atoms with van der Waals surface area (Å²) in [7, 11) is 0. The summed E-state index contributed by atoms with van der Waals surface area (Å²) >= 11 is 0. The molecule has 70 valence electrons. The first-order valence-corrected chi connectivity index (χ1v) is 4.42. The predicted octanol–water partition coefficient (Wildman–Crippen LogP) is 0.455. The van der Waals surface area contributed by atoms with E-state index >= 15 is 0 Å². The van der Waals surface area contributed by atoms with Crippen molar-refractivity contribution in [2.75, 3.05) is 19.6 Å². The average molecular weight is 181 g/mol. The van der Waals surface area contributed by atoms with Gasteiger partial charge in [-0.05, 0) is 6.07 Å². The molecule has 0 spiro atoms. The van der Waals surface area contributed by atoms with E-state index in [0.29, 0.717) is 5.56 Å². The summed E-state index contributed by atoms with van der Waals surface area (Å²) in [5, 5.41) is 6.44. The first kappa shape index (κ1) is 8.59. The molecule has 0 aliphatic carbocycles. The highest BCUT2D eigenvalue weighted by Crippen LogP contribution is 2.14. The van der Waals surface area contributed by atoms with Crippen LogP contribution < -0.4 is 10.6 Å². The van der Waals surface area contributed by atoms with Crippen molar-refractivity contribution in [1.82, 2.24) is 15.6 Å². The van der Waals surface area contributed by atoms with E-state index in [1.54, 1.807) is 12.1 Å². The van der Waals surface area contributed by atoms with E-state index in [9.17, 15) is 4.39 Å². The van der Waals surface area contributed by atoms with Gasteiger partial charge in [-0.2, -0.15) is 4.39 Å². The van der Waals surface area contributed by atoms with Crippen LogP contribution in [-0.2, 0) is 0 Å². The number of hydrogen-bond acceptors (Lipinski definition) is 3. The van der Waals surface area contributed by atoms with Gasteiger partial charge in [-0.25, -0.2) is 4.98 Å². The first-order chi connectivity index (χ1) is 6.38. The molecule has 1 unspecified atom stereocenters. The van der Waals surface area contributed by atoms with Crippen molar-refractivity contribution in [2.24, 2.45) is 0 Å². The van der Waals surface area contributed by atoms with Crippen molar-refractivity contribution in [3.8, 4) is 0 Å². The molecule has 0 radical (unpaired) electrons. The van der Waals surface area contributed by atoms with Gasteiger partial charge >= 0.3 is 0 Å². The zero-order chi connectivity index (χ0) is 9.10. The Morgan fingerprint density at radius 1 is 1.46 bits per heavy atom. The molecule has 1 aromatic rings. The molecular weight excluding hydrogens is 169 g/mol. The van der Waals surface area contributed by atoms with Crippen LogP contribution in [-0.4, -0.2) is 24.6 Å². The van der Waals surface area contributed by atoms with Gasteiger partial charge in [-0.15, -0.1) is 0 Å². The Labute approximate surface area is 76.4 Å². The molecule has 1 atom stereocenters. The summed E-state index contributed by atoms with van der Waals surface area (Å²) in [5.74, 6) is -0.372. The SMILES string of the molecule is Fc1ncccc1C1CNCCN1. The number of hydrogen-bond donors (Lipinski definition) is 2. The van der Waals surface area contributed by atoms with Crippen LogP contribution in [0.15, 0.2) is 18.3 Å². The molecule has 1 aliphatic rings. The van der Waals surface area contributed by atoms with Crippen molar-refractivity contribution in [2.45, 2.75) is 6.04 Å². The van der Waals surface area contributed by atoms with Crippen molar-refractivity contribution < 1.29 is 4.39 Å². The van der Waals surface area contributed by atoms with Gasteiger partial charge in [0, 0.05) is 37.4 Å². The summed E-state index contributed by atoms with van der Waals surface area (Å²) in [4.78, 5) is 3.62. The fraction of sp³-hybridized carbons (Fsp3) is 0.444. The second kappa shape index (κ2) is 3.81. The predicted molar refractivity (Wildman–Crippen MR) is 47.8 cm³/mol. The molecular formula is C9H12FN3. The van der Waals surface area contributed by atoms with Crippen molar-refractivity contribution in [3.05, 3.63) is 29.8 Å². The molecule has 13 heavy (non-hydrogen) atoms. The van der Waals surface area contributed by atoms with E-state index in [4.69, 9.17) is 0 Å². The number of rotatable bonds is 1. The van der Waals surface area contributed by atoms with E-state index in [1.165, 1.54) is 6.20 Å². The maximum Gasteiger partial charge on any atom is 0.217 e. The lowest BCUT2D eigenvalue weighted by molar-refractivity contribution is 0.411. The molecule has 1 aromatic heterocycles. The standard InChI is InChI=1S/C9H12FN3/c10-9-7(2-1-3-13-9)8-6-11-4-5-12-8/h1-3,8,11-12H,4-6H2. The molecule has 0 amide bonds. The number of pyridine rings is 1. The molecule has 0 bridgehead atoms. The van der Waals surface area contributed by atoms with Gasteiger partial charge in [0.2, 0.25) is 5.95 Å². The van der Waals surface area contributed by atoms with Gasteiger partial charge in [0.05, 0.1) is 0 Å². The molecule has 1 aliphatic heterocycles. The lowest BCUT2D eigenvalue weighted by Gasteiger charge is -2.24. The molecule has 2 heterocycles. The monoisotopic (exact) mass is 181 g/mol. The summed E-state index contributed by atoms with van der Waals surface area (Å²) < 4.78 is 13.2. The minimum atomic E-state index is -0.372. The number of nitrogens with one attached hydrogen (secondary N) is 2. The van der Waals surface area contributed by atoms with Crippen molar-refractivity contribution in [1.29, 1.82) is 0 Å². The highest BCUT2D eigenvalue weighted by Gasteiger charge is 2.17. The quantitative estimate of drug-likeness (QED) is 0.618. The van der Waals surface area contributed by atoms with Crippen LogP contribution >= 0.6 is 0 Å². The minimum absolute atomic E-state index is 0.0578. The number of aromatic nitrogens is 1. The van der Waals surface area contributed by atoms with E-state index in [0.717, 1.165) is 19.6 Å². The smallest absolute Gasteiger partial charge is 0.217 e. The van der Waals surface area contributed by atoms with Crippen LogP contribution in [0.1, 0.15) is 11.6 Å². The Balaban J connectivity index is 2.18. The van der Waals surface area contributed by atoms with Gasteiger partial charge in [0.1, 0.15) is 0 Å². The van der Waals surface area contributed by atoms with Crippen LogP contribution in [0.4, 0.5) is 4.39 Å². The average Bonchev–Trinajstić information content (AvgIpc) is 2.20. The highest BCUT2D eigenvalue weighted by molar-refractivity contribution is 5.16. The Morgan fingerprint density at radius 3 is 3.08 bits per heavy atom. The number of halogens is 1. The van der Waals surface area contributed by atoms with Gasteiger partial charge < -0.3 is 10.6 Å². The van der Waals surface area contributed by atoms with Crippen LogP contribution in [0.5, 0.6) is 0 Å². The van der Waals surface area contributed by atoms with E-state index < -0.39 is 0 Å². The van der Waals surface area contributed by atoms with Crippen molar-refractivity contribution >= 4 is 0 Å². The second-order valence-corrected chi connectivity index (χ2v) is 3.09. The van der Waals surface area contributed by atoms with E-state index in [-0.39, 0.29) is 12.0 Å². The normalized spacial score (nSPS) is 23.0. The maximum absolute atomic E-state index is 13.2. The minimum Gasteiger partial charge on any atom is -0.314 e. The van der Waals surface area contributed by atoms with Gasteiger partial charge in [-0.1, -0.05) is 6.07 Å². The molecule has 2 rings (SSSR count). The largest absolute Gasteiger partial charge is 0.314 e. The molecule has 0 saturated carbocycles. The fourth-order valence-electron chi connectivity index (χ4n) is 1.53. The van der Waals surface area contributed by atoms with Crippen LogP contribution in [0.25, 0.3) is 0 Å². The van der Waals surface area contributed by atoms with Gasteiger partial charge in [-0.3, -0.25) is 0 Å². The summed E-state index contributed by atoms with van der Waals surface area (Å²) in [6.45, 7) is 2.58. The summed E-state index contributed by atoms with van der Waals surface area (Å²) in [5.41, 5.74) is 0.648. The zero-order valence-electron chi connectivity index (χ0n) is 7.26. The fourth-order valence-corrected chi connectivity index (χ4v) is 1.53. The number of piperazine rings is 1. The Kier molecular flexibility index (Phi) is 2.52. The molecule has 1 fully saturated rings. The van der Waals surface area contributed by atoms with Gasteiger partial charge in [0.15, 0.2) is 0 Å². The lowest BCUT2D eigenvalue weighted by Crippen LogP contribution is -2.43. The molecule has 2 N–H and O–H groups in total. The third kappa shape index (κ3) is 1.84. The summed E-state index contributed by atoms with van der Waals surface area (Å²) in [6, 6.07) is 3.59. The third-order valence-corrected chi connectivity index (χ3v) is 2.20. The van der Waals surface area contributed by atoms with Gasteiger partial charge in [0.25, 0.3) is 0 Å². The van der Waals surface area contributed by atoms with E-state index in [1.807, 2.05) is 0 Å². The second-order valence-electron chi connectivity index (χ2n) is 3.09. The summed E-state index contributed by atoms with van der Waals surface area (Å²) in [6.07, 6.45) is 1.47. The molecule has 3 nitrogen and oxygen atoms in total. The Hall–Kier alpha value is -1.00. The van der Waals surface area contributed by atoms with Crippen LogP contribution in [0, 0.1) is 5.95 Å². The topological polar surface area (TPSA) is 37.0 Å². The van der Waals surface area contributed by atoms with Crippen LogP contribution in [0.2, 0.25) is 0 Å². The first-order valence-electron chi connectivity index (χ1n) is 4.42. The lowest BCUT2D eigenvalue weighted by atomic mass is 10.1. The zero-order valence-corrected chi connectivity index (χ0v) is 7.26. The Morgan fingerprint density at radius 2 is 2.38 bits per heavy atom. The number of nitrogens with zero attached hydrogens (tertiary/aromatic N) is 1.